The van der Waals surface area contributed by atoms with E-state index in [-0.39, 0.29) is 0 Å². The standard InChI is InChI=1S/C22H13Br3ClNO/c23-18-5-3-16(4-6-18)17(12-27)9-15-10-20(24)22(21(25)11-15)28-13-14-1-7-19(26)8-2-14/h1-11H,13H2/b17-9-. The highest BCUT2D eigenvalue weighted by molar-refractivity contribution is 9.11. The van der Waals surface area contributed by atoms with E-state index in [4.69, 9.17) is 16.3 Å². The van der Waals surface area contributed by atoms with Crippen LogP contribution in [-0.4, -0.2) is 0 Å². The lowest BCUT2D eigenvalue weighted by atomic mass is 10.0. The van der Waals surface area contributed by atoms with Crippen molar-refractivity contribution in [3.05, 3.63) is 95.8 Å². The van der Waals surface area contributed by atoms with E-state index in [0.717, 1.165) is 30.1 Å². The van der Waals surface area contributed by atoms with Crippen molar-refractivity contribution in [2.75, 3.05) is 0 Å². The summed E-state index contributed by atoms with van der Waals surface area (Å²) in [5.41, 5.74) is 3.35. The smallest absolute Gasteiger partial charge is 0.148 e. The second-order valence-corrected chi connectivity index (χ2v) is 8.97. The number of benzene rings is 3. The molecule has 0 fully saturated rings. The highest BCUT2D eigenvalue weighted by atomic mass is 79.9. The van der Waals surface area contributed by atoms with Crippen LogP contribution in [0.4, 0.5) is 0 Å². The molecule has 0 heterocycles. The van der Waals surface area contributed by atoms with Crippen molar-refractivity contribution < 1.29 is 4.74 Å². The van der Waals surface area contributed by atoms with Crippen LogP contribution in [0.1, 0.15) is 16.7 Å². The van der Waals surface area contributed by atoms with Crippen molar-refractivity contribution in [1.82, 2.24) is 0 Å². The molecule has 0 radical (unpaired) electrons. The first-order valence-corrected chi connectivity index (χ1v) is 11.0. The quantitative estimate of drug-likeness (QED) is 0.224. The molecule has 0 aliphatic carbocycles. The largest absolute Gasteiger partial charge is 0.487 e. The highest BCUT2D eigenvalue weighted by Gasteiger charge is 2.10. The van der Waals surface area contributed by atoms with E-state index in [9.17, 15) is 5.26 Å². The Morgan fingerprint density at radius 3 is 2.14 bits per heavy atom. The van der Waals surface area contributed by atoms with Crippen LogP contribution in [0.25, 0.3) is 11.6 Å². The first-order valence-electron chi connectivity index (χ1n) is 8.20. The Bertz CT molecular complexity index is 1030. The molecule has 0 aromatic heterocycles. The van der Waals surface area contributed by atoms with E-state index in [0.29, 0.717) is 23.0 Å². The van der Waals surface area contributed by atoms with Gasteiger partial charge < -0.3 is 4.74 Å². The first-order chi connectivity index (χ1) is 13.5. The van der Waals surface area contributed by atoms with E-state index in [1.807, 2.05) is 66.7 Å². The molecule has 6 heteroatoms. The molecule has 0 N–H and O–H groups in total. The SMILES string of the molecule is N#C/C(=C/c1cc(Br)c(OCc2ccc(Cl)cc2)c(Br)c1)c1ccc(Br)cc1. The van der Waals surface area contributed by atoms with Gasteiger partial charge in [0.05, 0.1) is 20.6 Å². The normalized spacial score (nSPS) is 11.2. The van der Waals surface area contributed by atoms with Gasteiger partial charge in [-0.1, -0.05) is 51.8 Å². The van der Waals surface area contributed by atoms with Crippen LogP contribution in [-0.2, 0) is 6.61 Å². The molecule has 0 saturated carbocycles. The molecule has 0 aliphatic rings. The molecule has 3 aromatic rings. The number of rotatable bonds is 5. The van der Waals surface area contributed by atoms with Gasteiger partial charge in [-0.25, -0.2) is 0 Å². The maximum Gasteiger partial charge on any atom is 0.148 e. The molecule has 0 bridgehead atoms. The summed E-state index contributed by atoms with van der Waals surface area (Å²) in [6.07, 6.45) is 1.85. The lowest BCUT2D eigenvalue weighted by Crippen LogP contribution is -1.97. The zero-order valence-electron chi connectivity index (χ0n) is 14.4. The average Bonchev–Trinajstić information content (AvgIpc) is 2.67. The van der Waals surface area contributed by atoms with Gasteiger partial charge in [0.15, 0.2) is 0 Å². The molecule has 3 aromatic carbocycles. The van der Waals surface area contributed by atoms with Gasteiger partial charge in [-0.15, -0.1) is 0 Å². The fourth-order valence-corrected chi connectivity index (χ4v) is 4.35. The second kappa shape index (κ2) is 9.76. The number of halogens is 4. The Morgan fingerprint density at radius 2 is 1.57 bits per heavy atom. The van der Waals surface area contributed by atoms with Gasteiger partial charge in [0.25, 0.3) is 0 Å². The number of ether oxygens (including phenoxy) is 1. The van der Waals surface area contributed by atoms with Gasteiger partial charge in [0.2, 0.25) is 0 Å². The number of hydrogen-bond donors (Lipinski definition) is 0. The molecular weight excluding hydrogens is 569 g/mol. The Morgan fingerprint density at radius 1 is 0.964 bits per heavy atom. The minimum atomic E-state index is 0.423. The lowest BCUT2D eigenvalue weighted by Gasteiger charge is -2.12. The first kappa shape index (κ1) is 21.1. The minimum Gasteiger partial charge on any atom is -0.487 e. The molecule has 0 saturated heterocycles. The van der Waals surface area contributed by atoms with Crippen LogP contribution >= 0.6 is 59.4 Å². The molecule has 0 atom stereocenters. The van der Waals surface area contributed by atoms with Gasteiger partial charge in [-0.2, -0.15) is 5.26 Å². The number of hydrogen-bond acceptors (Lipinski definition) is 2. The summed E-state index contributed by atoms with van der Waals surface area (Å²) in [4.78, 5) is 0. The number of nitrogens with zero attached hydrogens (tertiary/aromatic N) is 1. The van der Waals surface area contributed by atoms with Crippen molar-refractivity contribution in [2.24, 2.45) is 0 Å². The van der Waals surface area contributed by atoms with Crippen molar-refractivity contribution >= 4 is 71.0 Å². The van der Waals surface area contributed by atoms with E-state index in [1.165, 1.54) is 0 Å². The minimum absolute atomic E-state index is 0.423. The number of nitriles is 1. The fourth-order valence-electron chi connectivity index (χ4n) is 2.51. The zero-order chi connectivity index (χ0) is 20.1. The lowest BCUT2D eigenvalue weighted by molar-refractivity contribution is 0.302. The van der Waals surface area contributed by atoms with Gasteiger partial charge >= 0.3 is 0 Å². The molecular formula is C22H13Br3ClNO. The third-order valence-corrected chi connectivity index (χ3v) is 5.86. The summed E-state index contributed by atoms with van der Waals surface area (Å²) in [5, 5.41) is 10.2. The van der Waals surface area contributed by atoms with E-state index < -0.39 is 0 Å². The third kappa shape index (κ3) is 5.48. The van der Waals surface area contributed by atoms with Crippen molar-refractivity contribution in [1.29, 1.82) is 5.26 Å². The molecule has 0 unspecified atom stereocenters. The third-order valence-electron chi connectivity index (χ3n) is 3.90. The Balaban J connectivity index is 1.83. The van der Waals surface area contributed by atoms with Gasteiger partial charge in [0, 0.05) is 9.50 Å². The van der Waals surface area contributed by atoms with Crippen LogP contribution in [0.15, 0.2) is 74.1 Å². The molecule has 3 rings (SSSR count). The van der Waals surface area contributed by atoms with Crippen molar-refractivity contribution in [3.8, 4) is 11.8 Å². The summed E-state index contributed by atoms with van der Waals surface area (Å²) in [5.74, 6) is 0.703. The van der Waals surface area contributed by atoms with Crippen molar-refractivity contribution in [3.63, 3.8) is 0 Å². The highest BCUT2D eigenvalue weighted by Crippen LogP contribution is 2.36. The maximum absolute atomic E-state index is 9.55. The van der Waals surface area contributed by atoms with Crippen LogP contribution in [0.3, 0.4) is 0 Å². The van der Waals surface area contributed by atoms with Crippen LogP contribution in [0, 0.1) is 11.3 Å². The molecule has 0 aliphatic heterocycles. The van der Waals surface area contributed by atoms with Gasteiger partial charge in [-0.3, -0.25) is 0 Å². The summed E-state index contributed by atoms with van der Waals surface area (Å²) >= 11 is 16.5. The molecule has 28 heavy (non-hydrogen) atoms. The Kier molecular flexibility index (Phi) is 7.36. The predicted octanol–water partition coefficient (Wildman–Crippen LogP) is 8.27. The Hall–Kier alpha value is -1.58. The van der Waals surface area contributed by atoms with Gasteiger partial charge in [-0.05, 0) is 91.0 Å². The number of allylic oxidation sites excluding steroid dienone is 1. The monoisotopic (exact) mass is 579 g/mol. The van der Waals surface area contributed by atoms with E-state index >= 15 is 0 Å². The van der Waals surface area contributed by atoms with Crippen LogP contribution < -0.4 is 4.74 Å². The average molecular weight is 583 g/mol. The van der Waals surface area contributed by atoms with E-state index in [1.54, 1.807) is 0 Å². The fraction of sp³-hybridized carbons (Fsp3) is 0.0455. The second-order valence-electron chi connectivity index (χ2n) is 5.91. The predicted molar refractivity (Wildman–Crippen MR) is 125 cm³/mol. The molecule has 140 valence electrons. The molecule has 2 nitrogen and oxygen atoms in total. The summed E-state index contributed by atoms with van der Waals surface area (Å²) in [7, 11) is 0. The maximum atomic E-state index is 9.55. The van der Waals surface area contributed by atoms with E-state index in [2.05, 4.69) is 53.9 Å². The summed E-state index contributed by atoms with van der Waals surface area (Å²) in [6, 6.07) is 21.3. The summed E-state index contributed by atoms with van der Waals surface area (Å²) < 4.78 is 8.53. The van der Waals surface area contributed by atoms with Crippen LogP contribution in [0.5, 0.6) is 5.75 Å². The Labute approximate surface area is 194 Å². The van der Waals surface area contributed by atoms with Crippen LogP contribution in [0.2, 0.25) is 5.02 Å². The zero-order valence-corrected chi connectivity index (χ0v) is 19.9. The molecule has 0 amide bonds. The topological polar surface area (TPSA) is 33.0 Å². The summed E-state index contributed by atoms with van der Waals surface area (Å²) in [6.45, 7) is 0.423. The van der Waals surface area contributed by atoms with Crippen molar-refractivity contribution in [2.45, 2.75) is 6.61 Å². The van der Waals surface area contributed by atoms with Gasteiger partial charge in [0.1, 0.15) is 12.4 Å². The molecule has 0 spiro atoms.